The Balaban J connectivity index is 2.61. The van der Waals surface area contributed by atoms with Gasteiger partial charge in [0.2, 0.25) is 0 Å². The Bertz CT molecular complexity index is 488. The van der Waals surface area contributed by atoms with E-state index >= 15 is 0 Å². The van der Waals surface area contributed by atoms with Gasteiger partial charge in [-0.3, -0.25) is 0 Å². The first kappa shape index (κ1) is 10.4. The van der Waals surface area contributed by atoms with E-state index in [0.717, 1.165) is 9.35 Å². The molecule has 0 bridgehead atoms. The lowest BCUT2D eigenvalue weighted by Gasteiger charge is -1.94. The summed E-state index contributed by atoms with van der Waals surface area (Å²) < 4.78 is 3.56. The van der Waals surface area contributed by atoms with Crippen LogP contribution in [0.2, 0.25) is 0 Å². The van der Waals surface area contributed by atoms with Crippen molar-refractivity contribution in [3.05, 3.63) is 31.1 Å². The molecule has 1 aromatic carbocycles. The molecule has 4 heteroatoms. The van der Waals surface area contributed by atoms with E-state index in [-0.39, 0.29) is 0 Å². The maximum absolute atomic E-state index is 8.60. The summed E-state index contributed by atoms with van der Waals surface area (Å²) in [7, 11) is 0. The Morgan fingerprint density at radius 2 is 2.21 bits per heavy atom. The van der Waals surface area contributed by atoms with Gasteiger partial charge in [-0.2, -0.15) is 5.26 Å². The highest BCUT2D eigenvalue weighted by Crippen LogP contribution is 2.31. The standard InChI is InChI=1S/C10H5BrINS/c11-8-5-10-6(4-9(8)12)3-7(14-10)1-2-13/h3-5H,1H2. The summed E-state index contributed by atoms with van der Waals surface area (Å²) in [4.78, 5) is 1.14. The molecule has 2 rings (SSSR count). The number of thiophene rings is 1. The lowest BCUT2D eigenvalue weighted by atomic mass is 10.2. The van der Waals surface area contributed by atoms with Gasteiger partial charge in [-0.25, -0.2) is 0 Å². The van der Waals surface area contributed by atoms with E-state index in [0.29, 0.717) is 6.42 Å². The molecule has 0 spiro atoms. The highest BCUT2D eigenvalue weighted by molar-refractivity contribution is 14.1. The molecule has 0 aliphatic rings. The minimum atomic E-state index is 0.507. The molecule has 0 radical (unpaired) electrons. The second kappa shape index (κ2) is 4.17. The summed E-state index contributed by atoms with van der Waals surface area (Å²) in [6.45, 7) is 0. The SMILES string of the molecule is N#CCc1cc2cc(I)c(Br)cc2s1. The van der Waals surface area contributed by atoms with Crippen molar-refractivity contribution in [1.29, 1.82) is 5.26 Å². The van der Waals surface area contributed by atoms with Crippen molar-refractivity contribution < 1.29 is 0 Å². The highest BCUT2D eigenvalue weighted by Gasteiger charge is 2.04. The molecule has 70 valence electrons. The van der Waals surface area contributed by atoms with Crippen LogP contribution in [0.5, 0.6) is 0 Å². The van der Waals surface area contributed by atoms with Crippen LogP contribution in [-0.4, -0.2) is 0 Å². The zero-order valence-corrected chi connectivity index (χ0v) is 11.6. The molecular weight excluding hydrogens is 373 g/mol. The number of nitriles is 1. The van der Waals surface area contributed by atoms with Crippen molar-refractivity contribution in [1.82, 2.24) is 0 Å². The molecule has 0 saturated carbocycles. The predicted molar refractivity (Wildman–Crippen MR) is 71.6 cm³/mol. The first-order chi connectivity index (χ1) is 6.70. The lowest BCUT2D eigenvalue weighted by Crippen LogP contribution is -1.72. The fourth-order valence-corrected chi connectivity index (χ4v) is 3.26. The molecule has 1 nitrogen and oxygen atoms in total. The molecule has 1 aromatic heterocycles. The van der Waals surface area contributed by atoms with Gasteiger partial charge < -0.3 is 0 Å². The highest BCUT2D eigenvalue weighted by atomic mass is 127. The minimum absolute atomic E-state index is 0.507. The van der Waals surface area contributed by atoms with Crippen LogP contribution in [0.4, 0.5) is 0 Å². The minimum Gasteiger partial charge on any atom is -0.198 e. The van der Waals surface area contributed by atoms with Crippen LogP contribution in [0.1, 0.15) is 4.88 Å². The van der Waals surface area contributed by atoms with Crippen LogP contribution in [0.3, 0.4) is 0 Å². The molecule has 0 N–H and O–H groups in total. The second-order valence-corrected chi connectivity index (χ2v) is 6.04. The first-order valence-electron chi connectivity index (χ1n) is 3.95. The van der Waals surface area contributed by atoms with Gasteiger partial charge in [0.25, 0.3) is 0 Å². The third kappa shape index (κ3) is 1.95. The van der Waals surface area contributed by atoms with Gasteiger partial charge in [0.05, 0.1) is 12.5 Å². The van der Waals surface area contributed by atoms with E-state index in [9.17, 15) is 0 Å². The molecule has 0 unspecified atom stereocenters. The molecule has 2 aromatic rings. The summed E-state index contributed by atoms with van der Waals surface area (Å²) in [6, 6.07) is 8.52. The van der Waals surface area contributed by atoms with E-state index in [1.54, 1.807) is 11.3 Å². The smallest absolute Gasteiger partial charge is 0.0696 e. The third-order valence-electron chi connectivity index (χ3n) is 1.86. The molecule has 0 aliphatic heterocycles. The van der Waals surface area contributed by atoms with Gasteiger partial charge in [0.15, 0.2) is 0 Å². The Morgan fingerprint density at radius 3 is 2.93 bits per heavy atom. The number of benzene rings is 1. The van der Waals surface area contributed by atoms with Crippen molar-refractivity contribution >= 4 is 59.9 Å². The van der Waals surface area contributed by atoms with Crippen molar-refractivity contribution in [2.24, 2.45) is 0 Å². The maximum Gasteiger partial charge on any atom is 0.0696 e. The van der Waals surface area contributed by atoms with Crippen LogP contribution in [-0.2, 0) is 6.42 Å². The maximum atomic E-state index is 8.60. The van der Waals surface area contributed by atoms with Crippen LogP contribution in [0.25, 0.3) is 10.1 Å². The van der Waals surface area contributed by atoms with Crippen LogP contribution < -0.4 is 0 Å². The van der Waals surface area contributed by atoms with Crippen molar-refractivity contribution in [2.75, 3.05) is 0 Å². The Labute approximate surface area is 108 Å². The lowest BCUT2D eigenvalue weighted by molar-refractivity contribution is 1.32. The van der Waals surface area contributed by atoms with Crippen LogP contribution in [0, 0.1) is 14.9 Å². The topological polar surface area (TPSA) is 23.8 Å². The number of hydrogen-bond donors (Lipinski definition) is 0. The van der Waals surface area contributed by atoms with Gasteiger partial charge in [-0.1, -0.05) is 0 Å². The molecule has 1 heterocycles. The number of hydrogen-bond acceptors (Lipinski definition) is 2. The molecule has 0 aliphatic carbocycles. The van der Waals surface area contributed by atoms with Gasteiger partial charge in [0.1, 0.15) is 0 Å². The van der Waals surface area contributed by atoms with Crippen molar-refractivity contribution in [2.45, 2.75) is 6.42 Å². The monoisotopic (exact) mass is 377 g/mol. The molecular formula is C10H5BrINS. The zero-order chi connectivity index (χ0) is 10.1. The summed E-state index contributed by atoms with van der Waals surface area (Å²) in [5, 5.41) is 9.83. The Hall–Kier alpha value is -0.120. The second-order valence-electron chi connectivity index (χ2n) is 2.85. The molecule has 0 saturated heterocycles. The van der Waals surface area contributed by atoms with Gasteiger partial charge >= 0.3 is 0 Å². The average Bonchev–Trinajstić information content (AvgIpc) is 2.48. The quantitative estimate of drug-likeness (QED) is 0.678. The summed E-state index contributed by atoms with van der Waals surface area (Å²) in [6.07, 6.45) is 0.507. The predicted octanol–water partition coefficient (Wildman–Crippen LogP) is 4.33. The third-order valence-corrected chi connectivity index (χ3v) is 5.25. The van der Waals surface area contributed by atoms with E-state index in [4.69, 9.17) is 5.26 Å². The van der Waals surface area contributed by atoms with E-state index in [2.05, 4.69) is 62.8 Å². The van der Waals surface area contributed by atoms with Crippen molar-refractivity contribution in [3.8, 4) is 6.07 Å². The van der Waals surface area contributed by atoms with E-state index in [1.807, 2.05) is 0 Å². The van der Waals surface area contributed by atoms with E-state index < -0.39 is 0 Å². The average molecular weight is 378 g/mol. The molecule has 0 fully saturated rings. The summed E-state index contributed by atoms with van der Waals surface area (Å²) in [5.74, 6) is 0. The zero-order valence-electron chi connectivity index (χ0n) is 7.05. The fraction of sp³-hybridized carbons (Fsp3) is 0.100. The van der Waals surface area contributed by atoms with Crippen molar-refractivity contribution in [3.63, 3.8) is 0 Å². The largest absolute Gasteiger partial charge is 0.198 e. The van der Waals surface area contributed by atoms with Gasteiger partial charge in [-0.15, -0.1) is 11.3 Å². The number of halogens is 2. The van der Waals surface area contributed by atoms with E-state index in [1.165, 1.54) is 13.7 Å². The van der Waals surface area contributed by atoms with Crippen LogP contribution >= 0.6 is 49.9 Å². The normalized spacial score (nSPS) is 10.4. The van der Waals surface area contributed by atoms with Gasteiger partial charge in [0, 0.05) is 17.6 Å². The van der Waals surface area contributed by atoms with Crippen LogP contribution in [0.15, 0.2) is 22.7 Å². The fourth-order valence-electron chi connectivity index (χ4n) is 1.25. The number of nitrogens with zero attached hydrogens (tertiary/aromatic N) is 1. The first-order valence-corrected chi connectivity index (χ1v) is 6.64. The van der Waals surface area contributed by atoms with Gasteiger partial charge in [-0.05, 0) is 62.1 Å². The Morgan fingerprint density at radius 1 is 1.43 bits per heavy atom. The summed E-state index contributed by atoms with van der Waals surface area (Å²) in [5.41, 5.74) is 0. The molecule has 0 amide bonds. The number of fused-ring (bicyclic) bond motifs is 1. The Kier molecular flexibility index (Phi) is 3.10. The number of rotatable bonds is 1. The molecule has 0 atom stereocenters. The summed E-state index contributed by atoms with van der Waals surface area (Å²) >= 11 is 7.48. The molecule has 14 heavy (non-hydrogen) atoms.